The fraction of sp³-hybridized carbons (Fsp3) is 0.261. The van der Waals surface area contributed by atoms with Gasteiger partial charge in [0.1, 0.15) is 22.6 Å². The molecule has 0 radical (unpaired) electrons. The Morgan fingerprint density at radius 1 is 1.23 bits per heavy atom. The van der Waals surface area contributed by atoms with Gasteiger partial charge < -0.3 is 15.0 Å². The molecule has 2 aromatic carbocycles. The minimum atomic E-state index is -0.390. The average molecular weight is 422 g/mol. The van der Waals surface area contributed by atoms with Crippen molar-refractivity contribution in [2.45, 2.75) is 32.9 Å². The second-order valence-corrected chi connectivity index (χ2v) is 7.30. The van der Waals surface area contributed by atoms with Crippen molar-refractivity contribution in [3.05, 3.63) is 70.5 Å². The highest BCUT2D eigenvalue weighted by molar-refractivity contribution is 6.04. The van der Waals surface area contributed by atoms with Gasteiger partial charge in [-0.3, -0.25) is 14.2 Å². The molecule has 0 bridgehead atoms. The minimum Gasteiger partial charge on any atom is -0.494 e. The quantitative estimate of drug-likeness (QED) is 0.455. The van der Waals surface area contributed by atoms with Crippen LogP contribution in [0.4, 0.5) is 4.39 Å². The maximum atomic E-state index is 13.5. The highest BCUT2D eigenvalue weighted by atomic mass is 19.1. The van der Waals surface area contributed by atoms with Crippen molar-refractivity contribution >= 4 is 27.8 Å². The monoisotopic (exact) mass is 422 g/mol. The van der Waals surface area contributed by atoms with E-state index in [0.29, 0.717) is 35.1 Å². The number of carbonyl (C=O) groups excluding carboxylic acids is 1. The number of nitrogens with one attached hydrogen (secondary N) is 2. The normalized spacial score (nSPS) is 11.2. The molecule has 160 valence electrons. The SMILES string of the molecule is CCCOc1ccc(CNC(=O)CCn2cnc3c([nH]c4ccc(F)cc43)c2=O)cc1. The number of halogens is 1. The van der Waals surface area contributed by atoms with Crippen LogP contribution < -0.4 is 15.6 Å². The Labute approximate surface area is 177 Å². The lowest BCUT2D eigenvalue weighted by Crippen LogP contribution is -2.27. The van der Waals surface area contributed by atoms with Crippen LogP contribution in [-0.4, -0.2) is 27.0 Å². The van der Waals surface area contributed by atoms with Gasteiger partial charge >= 0.3 is 0 Å². The topological polar surface area (TPSA) is 89.0 Å². The summed E-state index contributed by atoms with van der Waals surface area (Å²) in [5.41, 5.74) is 2.03. The van der Waals surface area contributed by atoms with Gasteiger partial charge in [-0.1, -0.05) is 19.1 Å². The number of rotatable bonds is 8. The number of carbonyl (C=O) groups is 1. The van der Waals surface area contributed by atoms with Gasteiger partial charge in [0.15, 0.2) is 0 Å². The molecule has 2 heterocycles. The van der Waals surface area contributed by atoms with Crippen LogP contribution in [0.25, 0.3) is 21.9 Å². The lowest BCUT2D eigenvalue weighted by molar-refractivity contribution is -0.121. The van der Waals surface area contributed by atoms with E-state index in [9.17, 15) is 14.0 Å². The van der Waals surface area contributed by atoms with E-state index < -0.39 is 0 Å². The maximum Gasteiger partial charge on any atom is 0.277 e. The summed E-state index contributed by atoms with van der Waals surface area (Å²) in [6, 6.07) is 11.8. The van der Waals surface area contributed by atoms with Crippen LogP contribution in [0.5, 0.6) is 5.75 Å². The number of aromatic nitrogens is 3. The Bertz CT molecular complexity index is 1280. The zero-order valence-corrected chi connectivity index (χ0v) is 17.2. The summed E-state index contributed by atoms with van der Waals surface area (Å²) in [6.45, 7) is 3.31. The number of ether oxygens (including phenoxy) is 1. The third kappa shape index (κ3) is 4.58. The van der Waals surface area contributed by atoms with Crippen LogP contribution in [0.15, 0.2) is 53.6 Å². The van der Waals surface area contributed by atoms with Crippen molar-refractivity contribution in [2.75, 3.05) is 6.61 Å². The van der Waals surface area contributed by atoms with Crippen molar-refractivity contribution in [3.63, 3.8) is 0 Å². The maximum absolute atomic E-state index is 13.5. The van der Waals surface area contributed by atoms with Gasteiger partial charge in [-0.2, -0.15) is 0 Å². The second kappa shape index (κ2) is 8.99. The van der Waals surface area contributed by atoms with Gasteiger partial charge in [-0.15, -0.1) is 0 Å². The van der Waals surface area contributed by atoms with Gasteiger partial charge in [0.2, 0.25) is 5.91 Å². The van der Waals surface area contributed by atoms with E-state index in [2.05, 4.69) is 15.3 Å². The number of nitrogens with zero attached hydrogens (tertiary/aromatic N) is 2. The first kappa shape index (κ1) is 20.6. The minimum absolute atomic E-state index is 0.139. The molecule has 0 unspecified atom stereocenters. The first-order valence-corrected chi connectivity index (χ1v) is 10.2. The van der Waals surface area contributed by atoms with Gasteiger partial charge in [0.05, 0.1) is 12.9 Å². The lowest BCUT2D eigenvalue weighted by atomic mass is 10.2. The number of hydrogen-bond acceptors (Lipinski definition) is 4. The number of aromatic amines is 1. The fourth-order valence-corrected chi connectivity index (χ4v) is 3.36. The van der Waals surface area contributed by atoms with E-state index in [1.54, 1.807) is 6.07 Å². The van der Waals surface area contributed by atoms with E-state index >= 15 is 0 Å². The van der Waals surface area contributed by atoms with Gasteiger partial charge in [-0.25, -0.2) is 9.37 Å². The zero-order chi connectivity index (χ0) is 21.8. The van der Waals surface area contributed by atoms with Crippen LogP contribution in [0, 0.1) is 5.82 Å². The molecule has 4 rings (SSSR count). The predicted octanol–water partition coefficient (Wildman–Crippen LogP) is 3.51. The summed E-state index contributed by atoms with van der Waals surface area (Å²) >= 11 is 0. The molecule has 31 heavy (non-hydrogen) atoms. The number of H-pyrrole nitrogens is 1. The van der Waals surface area contributed by atoms with Crippen LogP contribution in [0.1, 0.15) is 25.3 Å². The van der Waals surface area contributed by atoms with Gasteiger partial charge in [0.25, 0.3) is 5.56 Å². The molecule has 0 aliphatic heterocycles. The number of hydrogen-bond donors (Lipinski definition) is 2. The van der Waals surface area contributed by atoms with E-state index in [1.807, 2.05) is 31.2 Å². The Hall–Kier alpha value is -3.68. The fourth-order valence-electron chi connectivity index (χ4n) is 3.36. The highest BCUT2D eigenvalue weighted by Crippen LogP contribution is 2.22. The standard InChI is InChI=1S/C23H23FN4O3/c1-2-11-31-17-6-3-15(4-7-17)13-25-20(29)9-10-28-14-26-21-18-12-16(24)5-8-19(18)27-22(21)23(28)30/h3-8,12,14,27H,2,9-11,13H2,1H3,(H,25,29). The molecule has 0 fully saturated rings. The number of benzene rings is 2. The molecule has 0 aliphatic carbocycles. The van der Waals surface area contributed by atoms with Gasteiger partial charge in [0, 0.05) is 30.4 Å². The van der Waals surface area contributed by atoms with E-state index in [-0.39, 0.29) is 30.2 Å². The van der Waals surface area contributed by atoms with E-state index in [1.165, 1.54) is 23.0 Å². The number of amides is 1. The number of fused-ring (bicyclic) bond motifs is 3. The number of aryl methyl sites for hydroxylation is 1. The Kier molecular flexibility index (Phi) is 5.97. The van der Waals surface area contributed by atoms with E-state index in [4.69, 9.17) is 4.74 Å². The first-order chi connectivity index (χ1) is 15.0. The molecule has 0 atom stereocenters. The van der Waals surface area contributed by atoms with E-state index in [0.717, 1.165) is 17.7 Å². The molecule has 0 saturated carbocycles. The summed E-state index contributed by atoms with van der Waals surface area (Å²) < 4.78 is 20.4. The molecule has 0 spiro atoms. The summed E-state index contributed by atoms with van der Waals surface area (Å²) in [6.07, 6.45) is 2.48. The molecular weight excluding hydrogens is 399 g/mol. The Balaban J connectivity index is 1.37. The van der Waals surface area contributed by atoms with Crippen molar-refractivity contribution in [1.82, 2.24) is 19.9 Å². The van der Waals surface area contributed by atoms with Crippen LogP contribution in [0.3, 0.4) is 0 Å². The molecular formula is C23H23FN4O3. The summed E-state index contributed by atoms with van der Waals surface area (Å²) in [5.74, 6) is 0.245. The molecule has 8 heteroatoms. The summed E-state index contributed by atoms with van der Waals surface area (Å²) in [5, 5.41) is 3.41. The first-order valence-electron chi connectivity index (χ1n) is 10.2. The summed E-state index contributed by atoms with van der Waals surface area (Å²) in [4.78, 5) is 32.3. The van der Waals surface area contributed by atoms with Crippen molar-refractivity contribution in [2.24, 2.45) is 0 Å². The van der Waals surface area contributed by atoms with Crippen molar-refractivity contribution in [3.8, 4) is 5.75 Å². The highest BCUT2D eigenvalue weighted by Gasteiger charge is 2.12. The smallest absolute Gasteiger partial charge is 0.277 e. The second-order valence-electron chi connectivity index (χ2n) is 7.30. The van der Waals surface area contributed by atoms with Crippen molar-refractivity contribution < 1.29 is 13.9 Å². The molecule has 2 N–H and O–H groups in total. The predicted molar refractivity (Wildman–Crippen MR) is 117 cm³/mol. The molecule has 7 nitrogen and oxygen atoms in total. The average Bonchev–Trinajstić information content (AvgIpc) is 3.15. The van der Waals surface area contributed by atoms with Gasteiger partial charge in [-0.05, 0) is 42.3 Å². The third-order valence-electron chi connectivity index (χ3n) is 5.00. The molecule has 0 saturated heterocycles. The Morgan fingerprint density at radius 3 is 2.81 bits per heavy atom. The zero-order valence-electron chi connectivity index (χ0n) is 17.2. The van der Waals surface area contributed by atoms with Crippen LogP contribution >= 0.6 is 0 Å². The van der Waals surface area contributed by atoms with Crippen LogP contribution in [0.2, 0.25) is 0 Å². The lowest BCUT2D eigenvalue weighted by Gasteiger charge is -2.08. The molecule has 4 aromatic rings. The van der Waals surface area contributed by atoms with Crippen LogP contribution in [-0.2, 0) is 17.9 Å². The Morgan fingerprint density at radius 2 is 2.03 bits per heavy atom. The summed E-state index contributed by atoms with van der Waals surface area (Å²) in [7, 11) is 0. The third-order valence-corrected chi connectivity index (χ3v) is 5.00. The van der Waals surface area contributed by atoms with Crippen molar-refractivity contribution in [1.29, 1.82) is 0 Å². The molecule has 1 amide bonds. The largest absolute Gasteiger partial charge is 0.494 e. The molecule has 0 aliphatic rings. The molecule has 2 aromatic heterocycles.